The molecule has 0 aliphatic carbocycles. The van der Waals surface area contributed by atoms with Crippen LogP contribution >= 0.6 is 23.2 Å². The first-order valence-corrected chi connectivity index (χ1v) is 7.84. The molecule has 0 radical (unpaired) electrons. The van der Waals surface area contributed by atoms with Gasteiger partial charge in [-0.05, 0) is 12.1 Å². The van der Waals surface area contributed by atoms with E-state index in [2.05, 4.69) is 0 Å². The highest BCUT2D eigenvalue weighted by molar-refractivity contribution is 6.42. The number of halogens is 6. The van der Waals surface area contributed by atoms with Crippen LogP contribution in [0.5, 0.6) is 5.75 Å². The number of aliphatic hydroxyl groups excluding tert-OH is 1. The molecule has 4 nitrogen and oxygen atoms in total. The van der Waals surface area contributed by atoms with E-state index >= 15 is 0 Å². The summed E-state index contributed by atoms with van der Waals surface area (Å²) >= 11 is 11.7. The Morgan fingerprint density at radius 1 is 1.15 bits per heavy atom. The van der Waals surface area contributed by atoms with E-state index in [9.17, 15) is 27.5 Å². The van der Waals surface area contributed by atoms with E-state index in [4.69, 9.17) is 27.9 Å². The van der Waals surface area contributed by atoms with Crippen LogP contribution < -0.4 is 10.1 Å². The lowest BCUT2D eigenvalue weighted by Crippen LogP contribution is -2.36. The summed E-state index contributed by atoms with van der Waals surface area (Å²) in [6.45, 7) is -0.850. The molecule has 0 aromatic heterocycles. The van der Waals surface area contributed by atoms with Gasteiger partial charge in [0.05, 0.1) is 5.02 Å². The van der Waals surface area contributed by atoms with Crippen molar-refractivity contribution in [2.45, 2.75) is 6.10 Å². The number of hydrogen-bond donors (Lipinski definition) is 2. The minimum absolute atomic E-state index is 0.0150. The molecule has 0 heterocycles. The smallest absolute Gasteiger partial charge is 0.257 e. The summed E-state index contributed by atoms with van der Waals surface area (Å²) in [7, 11) is 0. The van der Waals surface area contributed by atoms with Crippen LogP contribution in [0.3, 0.4) is 0 Å². The van der Waals surface area contributed by atoms with E-state index in [0.717, 1.165) is 0 Å². The Morgan fingerprint density at radius 3 is 2.38 bits per heavy atom. The first-order chi connectivity index (χ1) is 12.2. The number of amides is 1. The molecule has 0 aliphatic rings. The van der Waals surface area contributed by atoms with E-state index in [0.29, 0.717) is 0 Å². The van der Waals surface area contributed by atoms with Crippen LogP contribution in [-0.4, -0.2) is 30.3 Å². The Morgan fingerprint density at radius 2 is 1.77 bits per heavy atom. The van der Waals surface area contributed by atoms with Crippen molar-refractivity contribution in [2.24, 2.45) is 0 Å². The summed E-state index contributed by atoms with van der Waals surface area (Å²) in [5, 5.41) is 12.1. The van der Waals surface area contributed by atoms with Crippen LogP contribution in [0.25, 0.3) is 0 Å². The van der Waals surface area contributed by atoms with Crippen LogP contribution in [0.1, 0.15) is 10.4 Å². The number of benzene rings is 2. The Bertz CT molecular complexity index is 809. The maximum Gasteiger partial charge on any atom is 0.257 e. The van der Waals surface area contributed by atoms with E-state index in [1.54, 1.807) is 6.07 Å². The molecule has 0 aliphatic heterocycles. The van der Waals surface area contributed by atoms with Crippen LogP contribution in [0, 0.1) is 23.3 Å². The second-order valence-corrected chi connectivity index (χ2v) is 5.86. The van der Waals surface area contributed by atoms with Crippen molar-refractivity contribution in [1.29, 1.82) is 0 Å². The van der Waals surface area contributed by atoms with Gasteiger partial charge in [0, 0.05) is 12.6 Å². The van der Waals surface area contributed by atoms with E-state index < -0.39 is 47.4 Å². The number of hydrogen-bond acceptors (Lipinski definition) is 3. The molecule has 0 spiro atoms. The summed E-state index contributed by atoms with van der Waals surface area (Å²) < 4.78 is 58.4. The molecule has 2 N–H and O–H groups in total. The van der Waals surface area contributed by atoms with E-state index in [-0.39, 0.29) is 28.5 Å². The monoisotopic (exact) mass is 411 g/mol. The minimum Gasteiger partial charge on any atom is -0.489 e. The third-order valence-electron chi connectivity index (χ3n) is 3.18. The van der Waals surface area contributed by atoms with Crippen LogP contribution in [-0.2, 0) is 0 Å². The SMILES string of the molecule is O=C(NCC(O)COc1cccc(Cl)c1Cl)c1c(F)c(F)cc(F)c1F. The van der Waals surface area contributed by atoms with Crippen molar-refractivity contribution >= 4 is 29.1 Å². The molecule has 0 saturated carbocycles. The van der Waals surface area contributed by atoms with Crippen molar-refractivity contribution in [3.63, 3.8) is 0 Å². The number of nitrogens with one attached hydrogen (secondary N) is 1. The second kappa shape index (κ2) is 8.57. The van der Waals surface area contributed by atoms with Gasteiger partial charge in [0.2, 0.25) is 0 Å². The maximum absolute atomic E-state index is 13.5. The summed E-state index contributed by atoms with van der Waals surface area (Å²) in [5.74, 6) is -8.36. The average Bonchev–Trinajstić information content (AvgIpc) is 2.59. The highest BCUT2D eigenvalue weighted by atomic mass is 35.5. The standard InChI is InChI=1S/C16H11Cl2F4NO3/c17-8-2-1-3-11(13(8)18)26-6-7(24)5-23-16(25)12-14(21)9(19)4-10(20)15(12)22/h1-4,7,24H,5-6H2,(H,23,25). The topological polar surface area (TPSA) is 58.6 Å². The lowest BCUT2D eigenvalue weighted by molar-refractivity contribution is 0.0835. The van der Waals surface area contributed by atoms with Gasteiger partial charge in [0.1, 0.15) is 29.0 Å². The van der Waals surface area contributed by atoms with Gasteiger partial charge in [0.25, 0.3) is 5.91 Å². The van der Waals surface area contributed by atoms with Crippen molar-refractivity contribution in [2.75, 3.05) is 13.2 Å². The summed E-state index contributed by atoms with van der Waals surface area (Å²) in [5.41, 5.74) is -1.42. The molecule has 26 heavy (non-hydrogen) atoms. The Kier molecular flexibility index (Phi) is 6.69. The molecule has 10 heteroatoms. The zero-order chi connectivity index (χ0) is 19.4. The number of ether oxygens (including phenoxy) is 1. The highest BCUT2D eigenvalue weighted by Gasteiger charge is 2.25. The van der Waals surface area contributed by atoms with Gasteiger partial charge in [-0.3, -0.25) is 4.79 Å². The maximum atomic E-state index is 13.5. The quantitative estimate of drug-likeness (QED) is 0.562. The molecule has 2 aromatic carbocycles. The van der Waals surface area contributed by atoms with Crippen LogP contribution in [0.15, 0.2) is 24.3 Å². The summed E-state index contributed by atoms with van der Waals surface area (Å²) in [4.78, 5) is 11.8. The van der Waals surface area contributed by atoms with E-state index in [1.807, 2.05) is 5.32 Å². The largest absolute Gasteiger partial charge is 0.489 e. The van der Waals surface area contributed by atoms with E-state index in [1.165, 1.54) is 12.1 Å². The predicted octanol–water partition coefficient (Wildman–Crippen LogP) is 3.72. The number of rotatable bonds is 6. The third kappa shape index (κ3) is 4.57. The normalized spacial score (nSPS) is 12.0. The Hall–Kier alpha value is -2.03. The molecule has 1 unspecified atom stereocenters. The molecule has 1 atom stereocenters. The predicted molar refractivity (Wildman–Crippen MR) is 86.6 cm³/mol. The minimum atomic E-state index is -1.84. The van der Waals surface area contributed by atoms with Gasteiger partial charge >= 0.3 is 0 Å². The number of aliphatic hydroxyl groups is 1. The summed E-state index contributed by atoms with van der Waals surface area (Å²) in [6.07, 6.45) is -1.31. The zero-order valence-electron chi connectivity index (χ0n) is 12.8. The Balaban J connectivity index is 1.96. The van der Waals surface area contributed by atoms with Crippen molar-refractivity contribution < 1.29 is 32.2 Å². The fraction of sp³-hybridized carbons (Fsp3) is 0.188. The molecule has 0 bridgehead atoms. The van der Waals surface area contributed by atoms with Crippen molar-refractivity contribution in [3.05, 3.63) is 63.1 Å². The molecular formula is C16H11Cl2F4NO3. The number of carbonyl (C=O) groups is 1. The average molecular weight is 412 g/mol. The highest BCUT2D eigenvalue weighted by Crippen LogP contribution is 2.31. The summed E-state index contributed by atoms with van der Waals surface area (Å²) in [6, 6.07) is 4.55. The zero-order valence-corrected chi connectivity index (χ0v) is 14.3. The van der Waals surface area contributed by atoms with Gasteiger partial charge in [-0.2, -0.15) is 0 Å². The van der Waals surface area contributed by atoms with Gasteiger partial charge in [-0.15, -0.1) is 0 Å². The molecule has 140 valence electrons. The Labute approximate surface area is 155 Å². The van der Waals surface area contributed by atoms with Gasteiger partial charge in [-0.25, -0.2) is 17.6 Å². The molecule has 1 amide bonds. The third-order valence-corrected chi connectivity index (χ3v) is 3.99. The van der Waals surface area contributed by atoms with Gasteiger partial charge < -0.3 is 15.2 Å². The van der Waals surface area contributed by atoms with Crippen LogP contribution in [0.4, 0.5) is 17.6 Å². The first kappa shape index (κ1) is 20.3. The van der Waals surface area contributed by atoms with Crippen LogP contribution in [0.2, 0.25) is 10.0 Å². The molecule has 2 rings (SSSR count). The molecule has 0 saturated heterocycles. The molecule has 0 fully saturated rings. The fourth-order valence-corrected chi connectivity index (χ4v) is 2.26. The second-order valence-electron chi connectivity index (χ2n) is 5.07. The van der Waals surface area contributed by atoms with Gasteiger partial charge in [-0.1, -0.05) is 29.3 Å². The molecular weight excluding hydrogens is 401 g/mol. The fourth-order valence-electron chi connectivity index (χ4n) is 1.91. The first-order valence-electron chi connectivity index (χ1n) is 7.08. The van der Waals surface area contributed by atoms with Crippen molar-refractivity contribution in [1.82, 2.24) is 5.32 Å². The molecule has 2 aromatic rings. The van der Waals surface area contributed by atoms with Crippen molar-refractivity contribution in [3.8, 4) is 5.75 Å². The van der Waals surface area contributed by atoms with Gasteiger partial charge in [0.15, 0.2) is 23.3 Å². The number of carbonyl (C=O) groups excluding carboxylic acids is 1. The lowest BCUT2D eigenvalue weighted by atomic mass is 10.1. The lowest BCUT2D eigenvalue weighted by Gasteiger charge is -2.15.